The largest absolute Gasteiger partial charge is 0.481 e. The lowest BCUT2D eigenvalue weighted by molar-refractivity contribution is -0.137. The minimum absolute atomic E-state index is 0. The van der Waals surface area contributed by atoms with Crippen LogP contribution in [0.1, 0.15) is 40.0 Å². The van der Waals surface area contributed by atoms with Crippen molar-refractivity contribution in [3.8, 4) is 0 Å². The molecule has 0 fully saturated rings. The van der Waals surface area contributed by atoms with Crippen LogP contribution in [0, 0.1) is 5.41 Å². The first-order valence-electron chi connectivity index (χ1n) is 3.70. The zero-order chi connectivity index (χ0) is 8.20. The van der Waals surface area contributed by atoms with Crippen LogP contribution in [-0.2, 0) is 4.79 Å². The molecule has 0 atom stereocenters. The molecule has 3 heteroatoms. The predicted molar refractivity (Wildman–Crippen MR) is 48.2 cm³/mol. The number of rotatable bonds is 4. The Morgan fingerprint density at radius 3 is 2.18 bits per heavy atom. The molecule has 11 heavy (non-hydrogen) atoms. The van der Waals surface area contributed by atoms with Crippen molar-refractivity contribution < 1.29 is 9.90 Å². The lowest BCUT2D eigenvalue weighted by Gasteiger charge is -2.20. The Morgan fingerprint density at radius 1 is 1.45 bits per heavy atom. The molecule has 0 aromatic carbocycles. The van der Waals surface area contributed by atoms with Crippen LogP contribution in [0.4, 0.5) is 0 Å². The van der Waals surface area contributed by atoms with Crippen molar-refractivity contribution in [1.82, 2.24) is 0 Å². The molecule has 0 radical (unpaired) electrons. The fourth-order valence-corrected chi connectivity index (χ4v) is 0.622. The van der Waals surface area contributed by atoms with E-state index in [0.717, 1.165) is 12.8 Å². The summed E-state index contributed by atoms with van der Waals surface area (Å²) in [6.07, 6.45) is 2.11. The van der Waals surface area contributed by atoms with Gasteiger partial charge in [0.15, 0.2) is 0 Å². The average Bonchev–Trinajstić information content (AvgIpc) is 1.85. The van der Waals surface area contributed by atoms with Gasteiger partial charge in [0, 0.05) is 6.42 Å². The second-order valence-corrected chi connectivity index (χ2v) is 3.41. The van der Waals surface area contributed by atoms with Gasteiger partial charge in [-0.15, -0.1) is 12.4 Å². The Labute approximate surface area is 74.4 Å². The molecule has 0 saturated carbocycles. The molecule has 0 saturated heterocycles. The maximum Gasteiger partial charge on any atom is 0.303 e. The third kappa shape index (κ3) is 7.66. The highest BCUT2D eigenvalue weighted by Gasteiger charge is 2.15. The van der Waals surface area contributed by atoms with Crippen molar-refractivity contribution in [2.24, 2.45) is 5.41 Å². The van der Waals surface area contributed by atoms with Gasteiger partial charge in [0.1, 0.15) is 0 Å². The van der Waals surface area contributed by atoms with E-state index in [2.05, 4.69) is 20.8 Å². The molecular formula is C8H17ClO2. The zero-order valence-corrected chi connectivity index (χ0v) is 8.20. The highest BCUT2D eigenvalue weighted by atomic mass is 35.5. The first-order chi connectivity index (χ1) is 4.48. The zero-order valence-electron chi connectivity index (χ0n) is 7.39. The van der Waals surface area contributed by atoms with Crippen LogP contribution in [0.2, 0.25) is 0 Å². The number of halogens is 1. The van der Waals surface area contributed by atoms with Crippen molar-refractivity contribution in [2.75, 3.05) is 0 Å². The van der Waals surface area contributed by atoms with Gasteiger partial charge < -0.3 is 5.11 Å². The van der Waals surface area contributed by atoms with E-state index in [1.165, 1.54) is 0 Å². The van der Waals surface area contributed by atoms with Gasteiger partial charge in [0.05, 0.1) is 0 Å². The topological polar surface area (TPSA) is 37.3 Å². The molecule has 0 bridgehead atoms. The van der Waals surface area contributed by atoms with E-state index < -0.39 is 5.97 Å². The molecule has 0 aliphatic carbocycles. The number of hydrogen-bond acceptors (Lipinski definition) is 1. The fourth-order valence-electron chi connectivity index (χ4n) is 0.622. The summed E-state index contributed by atoms with van der Waals surface area (Å²) >= 11 is 0. The SMILES string of the molecule is CCC(C)(C)CCC(=O)O.Cl. The van der Waals surface area contributed by atoms with Gasteiger partial charge in [0.2, 0.25) is 0 Å². The van der Waals surface area contributed by atoms with Crippen molar-refractivity contribution in [3.05, 3.63) is 0 Å². The average molecular weight is 181 g/mol. The molecule has 0 spiro atoms. The molecule has 1 N–H and O–H groups in total. The smallest absolute Gasteiger partial charge is 0.303 e. The van der Waals surface area contributed by atoms with Gasteiger partial charge in [-0.05, 0) is 11.8 Å². The molecule has 0 amide bonds. The van der Waals surface area contributed by atoms with E-state index in [9.17, 15) is 4.79 Å². The molecule has 0 unspecified atom stereocenters. The van der Waals surface area contributed by atoms with Crippen molar-refractivity contribution in [1.29, 1.82) is 0 Å². The summed E-state index contributed by atoms with van der Waals surface area (Å²) < 4.78 is 0. The minimum Gasteiger partial charge on any atom is -0.481 e. The number of hydrogen-bond donors (Lipinski definition) is 1. The maximum atomic E-state index is 10.2. The summed E-state index contributed by atoms with van der Waals surface area (Å²) in [5.74, 6) is -0.693. The maximum absolute atomic E-state index is 10.2. The fraction of sp³-hybridized carbons (Fsp3) is 0.875. The van der Waals surface area contributed by atoms with Crippen LogP contribution in [0.3, 0.4) is 0 Å². The summed E-state index contributed by atoms with van der Waals surface area (Å²) in [7, 11) is 0. The lowest BCUT2D eigenvalue weighted by Crippen LogP contribution is -2.11. The molecule has 0 heterocycles. The number of carbonyl (C=O) groups is 1. The Balaban J connectivity index is 0. The van der Waals surface area contributed by atoms with E-state index in [0.29, 0.717) is 6.42 Å². The number of aliphatic carboxylic acids is 1. The highest BCUT2D eigenvalue weighted by Crippen LogP contribution is 2.25. The first kappa shape index (κ1) is 13.4. The van der Waals surface area contributed by atoms with E-state index in [1.54, 1.807) is 0 Å². The molecule has 68 valence electrons. The summed E-state index contributed by atoms with van der Waals surface area (Å²) in [5.41, 5.74) is 0.193. The molecule has 0 aliphatic rings. The van der Waals surface area contributed by atoms with Crippen molar-refractivity contribution in [3.63, 3.8) is 0 Å². The van der Waals surface area contributed by atoms with Crippen molar-refractivity contribution >= 4 is 18.4 Å². The van der Waals surface area contributed by atoms with Gasteiger partial charge in [0.25, 0.3) is 0 Å². The molecule has 0 aromatic heterocycles. The number of carboxylic acids is 1. The van der Waals surface area contributed by atoms with Gasteiger partial charge in [-0.2, -0.15) is 0 Å². The minimum atomic E-state index is -0.693. The van der Waals surface area contributed by atoms with E-state index in [1.807, 2.05) is 0 Å². The predicted octanol–water partition coefficient (Wildman–Crippen LogP) is 2.71. The first-order valence-corrected chi connectivity index (χ1v) is 3.70. The Kier molecular flexibility index (Phi) is 6.58. The normalized spacial score (nSPS) is 10.5. The van der Waals surface area contributed by atoms with Crippen LogP contribution in [-0.4, -0.2) is 11.1 Å². The molecule has 0 aliphatic heterocycles. The van der Waals surface area contributed by atoms with Crippen LogP contribution < -0.4 is 0 Å². The van der Waals surface area contributed by atoms with E-state index in [4.69, 9.17) is 5.11 Å². The summed E-state index contributed by atoms with van der Waals surface area (Å²) in [6.45, 7) is 6.27. The van der Waals surface area contributed by atoms with E-state index in [-0.39, 0.29) is 17.8 Å². The Bertz CT molecular complexity index is 121. The summed E-state index contributed by atoms with van der Waals surface area (Å²) in [4.78, 5) is 10.2. The Hall–Kier alpha value is -0.240. The molecule has 0 rings (SSSR count). The second kappa shape index (κ2) is 5.42. The highest BCUT2D eigenvalue weighted by molar-refractivity contribution is 5.85. The Morgan fingerprint density at radius 2 is 1.91 bits per heavy atom. The van der Waals surface area contributed by atoms with Crippen LogP contribution >= 0.6 is 12.4 Å². The van der Waals surface area contributed by atoms with Gasteiger partial charge in [-0.25, -0.2) is 0 Å². The standard InChI is InChI=1S/C8H16O2.ClH/c1-4-8(2,3)6-5-7(9)10;/h4-6H2,1-3H3,(H,9,10);1H. The summed E-state index contributed by atoms with van der Waals surface area (Å²) in [5, 5.41) is 8.37. The van der Waals surface area contributed by atoms with Crippen molar-refractivity contribution in [2.45, 2.75) is 40.0 Å². The molecule has 0 aromatic rings. The number of carboxylic acid groups (broad SMARTS) is 1. The quantitative estimate of drug-likeness (QED) is 0.723. The second-order valence-electron chi connectivity index (χ2n) is 3.41. The molecule has 2 nitrogen and oxygen atoms in total. The molecular weight excluding hydrogens is 164 g/mol. The van der Waals surface area contributed by atoms with Gasteiger partial charge in [-0.3, -0.25) is 4.79 Å². The van der Waals surface area contributed by atoms with Crippen LogP contribution in [0.15, 0.2) is 0 Å². The third-order valence-electron chi connectivity index (χ3n) is 1.97. The monoisotopic (exact) mass is 180 g/mol. The van der Waals surface area contributed by atoms with Crippen LogP contribution in [0.25, 0.3) is 0 Å². The lowest BCUT2D eigenvalue weighted by atomic mass is 9.85. The van der Waals surface area contributed by atoms with E-state index >= 15 is 0 Å². The van der Waals surface area contributed by atoms with Gasteiger partial charge >= 0.3 is 5.97 Å². The van der Waals surface area contributed by atoms with Crippen LogP contribution in [0.5, 0.6) is 0 Å². The third-order valence-corrected chi connectivity index (χ3v) is 1.97. The van der Waals surface area contributed by atoms with Gasteiger partial charge in [-0.1, -0.05) is 27.2 Å². The summed E-state index contributed by atoms with van der Waals surface area (Å²) in [6, 6.07) is 0.